The molecule has 1 heterocycles. The number of hydrogen-bond donors (Lipinski definition) is 0. The summed E-state index contributed by atoms with van der Waals surface area (Å²) in [5.41, 5.74) is 9.15. The SMILES string of the molecule is Cc1cc2c(cc1C#Cc1ccccc1)-c1cc(C#Cc3ccccc3)c(C)cc1[Si]2(c1ccccc1)c1ccccc1. The lowest BCUT2D eigenvalue weighted by Crippen LogP contribution is -2.72. The van der Waals surface area contributed by atoms with E-state index >= 15 is 0 Å². The Balaban J connectivity index is 1.52. The van der Waals surface area contributed by atoms with Crippen molar-refractivity contribution in [2.24, 2.45) is 0 Å². The second-order valence-electron chi connectivity index (χ2n) is 11.1. The lowest BCUT2D eigenvalue weighted by Gasteiger charge is -2.31. The van der Waals surface area contributed by atoms with Gasteiger partial charge in [-0.2, -0.15) is 0 Å². The molecule has 1 heteroatoms. The summed E-state index contributed by atoms with van der Waals surface area (Å²) in [4.78, 5) is 0. The molecule has 6 aromatic carbocycles. The van der Waals surface area contributed by atoms with Crippen LogP contribution in [-0.4, -0.2) is 8.07 Å². The Kier molecular flexibility index (Phi) is 6.88. The minimum absolute atomic E-state index is 1.02. The Bertz CT molecular complexity index is 1910. The van der Waals surface area contributed by atoms with Gasteiger partial charge in [-0.3, -0.25) is 0 Å². The van der Waals surface area contributed by atoms with Gasteiger partial charge in [0, 0.05) is 22.3 Å². The number of benzene rings is 6. The van der Waals surface area contributed by atoms with Crippen molar-refractivity contribution in [2.75, 3.05) is 0 Å². The zero-order valence-corrected chi connectivity index (χ0v) is 25.4. The van der Waals surface area contributed by atoms with E-state index in [-0.39, 0.29) is 0 Å². The first-order chi connectivity index (χ1) is 21.1. The van der Waals surface area contributed by atoms with Gasteiger partial charge in [0.2, 0.25) is 0 Å². The molecule has 0 spiro atoms. The van der Waals surface area contributed by atoms with Gasteiger partial charge >= 0.3 is 0 Å². The molecule has 0 saturated carbocycles. The Morgan fingerprint density at radius 2 is 0.744 bits per heavy atom. The van der Waals surface area contributed by atoms with Gasteiger partial charge in [0.05, 0.1) is 0 Å². The molecule has 0 radical (unpaired) electrons. The predicted octanol–water partition coefficient (Wildman–Crippen LogP) is 6.46. The van der Waals surface area contributed by atoms with E-state index in [1.165, 1.54) is 43.0 Å². The van der Waals surface area contributed by atoms with Gasteiger partial charge in [-0.05, 0) is 93.2 Å². The number of hydrogen-bond acceptors (Lipinski definition) is 0. The molecule has 0 unspecified atom stereocenters. The minimum atomic E-state index is -2.60. The average molecular weight is 563 g/mol. The standard InChI is InChI=1S/C42H30Si/c1-31-27-41-39(29-35(31)25-23-33-15-7-3-8-16-33)40-30-36(26-24-34-17-9-4-10-18-34)32(2)28-42(40)43(41,37-19-11-5-12-20-37)38-21-13-6-14-22-38/h3-22,27-30H,1-2H3. The normalized spacial score (nSPS) is 12.2. The van der Waals surface area contributed by atoms with E-state index in [4.69, 9.17) is 0 Å². The molecular weight excluding hydrogens is 533 g/mol. The Morgan fingerprint density at radius 3 is 1.12 bits per heavy atom. The first-order valence-electron chi connectivity index (χ1n) is 14.7. The summed E-state index contributed by atoms with van der Waals surface area (Å²) < 4.78 is 0. The van der Waals surface area contributed by atoms with Crippen LogP contribution in [0.15, 0.2) is 146 Å². The topological polar surface area (TPSA) is 0 Å². The maximum Gasteiger partial charge on any atom is 0.180 e. The molecule has 0 atom stereocenters. The summed E-state index contributed by atoms with van der Waals surface area (Å²) in [6.45, 7) is 4.41. The molecule has 0 fully saturated rings. The monoisotopic (exact) mass is 562 g/mol. The van der Waals surface area contributed by atoms with E-state index in [2.05, 4.69) is 147 Å². The van der Waals surface area contributed by atoms with Gasteiger partial charge < -0.3 is 0 Å². The van der Waals surface area contributed by atoms with Gasteiger partial charge in [0.15, 0.2) is 8.07 Å². The van der Waals surface area contributed by atoms with Gasteiger partial charge in [0.25, 0.3) is 0 Å². The molecule has 43 heavy (non-hydrogen) atoms. The fourth-order valence-corrected chi connectivity index (χ4v) is 11.7. The summed E-state index contributed by atoms with van der Waals surface area (Å²) in [6, 6.07) is 52.3. The van der Waals surface area contributed by atoms with Crippen molar-refractivity contribution in [3.63, 3.8) is 0 Å². The fraction of sp³-hybridized carbons (Fsp3) is 0.0476. The van der Waals surface area contributed by atoms with E-state index in [9.17, 15) is 0 Å². The third-order valence-electron chi connectivity index (χ3n) is 8.47. The number of rotatable bonds is 2. The third kappa shape index (κ3) is 4.71. The van der Waals surface area contributed by atoms with Crippen LogP contribution >= 0.6 is 0 Å². The smallest absolute Gasteiger partial charge is 0.0623 e. The Labute approximate surface area is 255 Å². The first-order valence-corrected chi connectivity index (χ1v) is 16.7. The molecule has 0 amide bonds. The van der Waals surface area contributed by atoms with Crippen LogP contribution in [0.25, 0.3) is 11.1 Å². The van der Waals surface area contributed by atoms with E-state index < -0.39 is 8.07 Å². The predicted molar refractivity (Wildman–Crippen MR) is 183 cm³/mol. The van der Waals surface area contributed by atoms with Crippen LogP contribution in [-0.2, 0) is 0 Å². The zero-order valence-electron chi connectivity index (χ0n) is 24.4. The first kappa shape index (κ1) is 26.5. The van der Waals surface area contributed by atoms with Gasteiger partial charge in [-0.15, -0.1) is 0 Å². The highest BCUT2D eigenvalue weighted by Crippen LogP contribution is 2.32. The maximum atomic E-state index is 3.51. The molecule has 7 rings (SSSR count). The van der Waals surface area contributed by atoms with E-state index in [1.807, 2.05) is 36.4 Å². The van der Waals surface area contributed by atoms with Crippen molar-refractivity contribution in [1.29, 1.82) is 0 Å². The molecular formula is C42H30Si. The van der Waals surface area contributed by atoms with Crippen LogP contribution < -0.4 is 20.7 Å². The van der Waals surface area contributed by atoms with Crippen LogP contribution in [0.3, 0.4) is 0 Å². The van der Waals surface area contributed by atoms with E-state index in [0.717, 1.165) is 22.3 Å². The summed E-state index contributed by atoms with van der Waals surface area (Å²) in [7, 11) is -2.60. The van der Waals surface area contributed by atoms with Crippen molar-refractivity contribution < 1.29 is 0 Å². The zero-order chi connectivity index (χ0) is 29.2. The molecule has 6 aromatic rings. The summed E-state index contributed by atoms with van der Waals surface area (Å²) in [5.74, 6) is 13.8. The highest BCUT2D eigenvalue weighted by Gasteiger charge is 2.49. The highest BCUT2D eigenvalue weighted by atomic mass is 28.3. The van der Waals surface area contributed by atoms with Gasteiger partial charge in [-0.1, -0.05) is 133 Å². The molecule has 202 valence electrons. The van der Waals surface area contributed by atoms with Crippen molar-refractivity contribution in [3.8, 4) is 34.8 Å². The quantitative estimate of drug-likeness (QED) is 0.168. The van der Waals surface area contributed by atoms with Crippen molar-refractivity contribution in [2.45, 2.75) is 13.8 Å². The third-order valence-corrected chi connectivity index (χ3v) is 13.3. The molecule has 0 saturated heterocycles. The average Bonchev–Trinajstić information content (AvgIpc) is 3.32. The van der Waals surface area contributed by atoms with Gasteiger partial charge in [0.1, 0.15) is 0 Å². The van der Waals surface area contributed by atoms with E-state index in [1.54, 1.807) is 0 Å². The van der Waals surface area contributed by atoms with Crippen LogP contribution in [0, 0.1) is 37.5 Å². The second kappa shape index (κ2) is 11.1. The van der Waals surface area contributed by atoms with E-state index in [0.29, 0.717) is 0 Å². The minimum Gasteiger partial charge on any atom is -0.0623 e. The molecule has 0 aliphatic carbocycles. The molecule has 0 bridgehead atoms. The van der Waals surface area contributed by atoms with Crippen molar-refractivity contribution in [3.05, 3.63) is 179 Å². The second-order valence-corrected chi connectivity index (χ2v) is 14.9. The number of fused-ring (bicyclic) bond motifs is 3. The van der Waals surface area contributed by atoms with Gasteiger partial charge in [-0.25, -0.2) is 0 Å². The van der Waals surface area contributed by atoms with Crippen LogP contribution in [0.2, 0.25) is 0 Å². The Hall–Kier alpha value is -5.34. The molecule has 1 aliphatic heterocycles. The number of aryl methyl sites for hydroxylation is 2. The lowest BCUT2D eigenvalue weighted by atomic mass is 9.96. The summed E-state index contributed by atoms with van der Waals surface area (Å²) in [5, 5.41) is 5.64. The van der Waals surface area contributed by atoms with Crippen LogP contribution in [0.5, 0.6) is 0 Å². The molecule has 0 aromatic heterocycles. The molecule has 0 N–H and O–H groups in total. The highest BCUT2D eigenvalue weighted by molar-refractivity contribution is 7.22. The summed E-state index contributed by atoms with van der Waals surface area (Å²) in [6.07, 6.45) is 0. The van der Waals surface area contributed by atoms with Crippen LogP contribution in [0.4, 0.5) is 0 Å². The lowest BCUT2D eigenvalue weighted by molar-refractivity contribution is 1.44. The Morgan fingerprint density at radius 1 is 0.395 bits per heavy atom. The molecule has 1 aliphatic rings. The largest absolute Gasteiger partial charge is 0.180 e. The van der Waals surface area contributed by atoms with Crippen LogP contribution in [0.1, 0.15) is 33.4 Å². The maximum absolute atomic E-state index is 3.51. The summed E-state index contributed by atoms with van der Waals surface area (Å²) >= 11 is 0. The molecule has 0 nitrogen and oxygen atoms in total. The van der Waals surface area contributed by atoms with Crippen molar-refractivity contribution >= 4 is 28.8 Å². The fourth-order valence-electron chi connectivity index (χ4n) is 6.38. The van der Waals surface area contributed by atoms with Crippen molar-refractivity contribution in [1.82, 2.24) is 0 Å².